The number of hydrogen-bond acceptors (Lipinski definition) is 4. The fourth-order valence-corrected chi connectivity index (χ4v) is 2.68. The van der Waals surface area contributed by atoms with Gasteiger partial charge in [0.25, 0.3) is 0 Å². The van der Waals surface area contributed by atoms with E-state index in [1.807, 2.05) is 31.0 Å². The molecular formula is C16H29Cl3N4O. The molecule has 2 rings (SSSR count). The van der Waals surface area contributed by atoms with Gasteiger partial charge in [-0.05, 0) is 25.5 Å². The van der Waals surface area contributed by atoms with Gasteiger partial charge in [0, 0.05) is 50.7 Å². The molecular weight excluding hydrogens is 371 g/mol. The second-order valence-electron chi connectivity index (χ2n) is 5.97. The van der Waals surface area contributed by atoms with E-state index in [4.69, 9.17) is 5.73 Å². The molecule has 0 aromatic carbocycles. The highest BCUT2D eigenvalue weighted by Gasteiger charge is 2.28. The fourth-order valence-electron chi connectivity index (χ4n) is 2.68. The number of aromatic nitrogens is 1. The highest BCUT2D eigenvalue weighted by Crippen LogP contribution is 2.21. The molecule has 1 fully saturated rings. The third-order valence-electron chi connectivity index (χ3n) is 4.52. The molecule has 8 heteroatoms. The Morgan fingerprint density at radius 2 is 1.71 bits per heavy atom. The van der Waals surface area contributed by atoms with Crippen molar-refractivity contribution in [2.75, 3.05) is 26.2 Å². The molecule has 0 saturated carbocycles. The van der Waals surface area contributed by atoms with E-state index in [0.717, 1.165) is 26.2 Å². The van der Waals surface area contributed by atoms with Crippen molar-refractivity contribution in [1.29, 1.82) is 0 Å². The maximum Gasteiger partial charge on any atom is 0.227 e. The Labute approximate surface area is 163 Å². The van der Waals surface area contributed by atoms with Gasteiger partial charge in [0.15, 0.2) is 0 Å². The van der Waals surface area contributed by atoms with Crippen LogP contribution in [0.15, 0.2) is 24.5 Å². The summed E-state index contributed by atoms with van der Waals surface area (Å²) in [6.45, 7) is 9.35. The first-order valence-corrected chi connectivity index (χ1v) is 7.69. The molecule has 0 radical (unpaired) electrons. The average Bonchev–Trinajstić information content (AvgIpc) is 2.53. The largest absolute Gasteiger partial charge is 0.340 e. The second-order valence-corrected chi connectivity index (χ2v) is 5.97. The van der Waals surface area contributed by atoms with Crippen LogP contribution < -0.4 is 5.73 Å². The van der Waals surface area contributed by atoms with Crippen LogP contribution in [0.4, 0.5) is 0 Å². The van der Waals surface area contributed by atoms with E-state index >= 15 is 0 Å². The highest BCUT2D eigenvalue weighted by molar-refractivity contribution is 5.86. The van der Waals surface area contributed by atoms with Crippen LogP contribution in [0.3, 0.4) is 0 Å². The summed E-state index contributed by atoms with van der Waals surface area (Å²) in [6.07, 6.45) is 3.71. The summed E-state index contributed by atoms with van der Waals surface area (Å²) in [4.78, 5) is 20.8. The van der Waals surface area contributed by atoms with Gasteiger partial charge in [-0.15, -0.1) is 37.2 Å². The molecule has 140 valence electrons. The van der Waals surface area contributed by atoms with Gasteiger partial charge in [0.2, 0.25) is 5.91 Å². The smallest absolute Gasteiger partial charge is 0.227 e. The van der Waals surface area contributed by atoms with Gasteiger partial charge in [-0.1, -0.05) is 13.0 Å². The Hall–Kier alpha value is -0.590. The minimum atomic E-state index is -0.104. The van der Waals surface area contributed by atoms with Gasteiger partial charge < -0.3 is 10.6 Å². The van der Waals surface area contributed by atoms with Crippen LogP contribution in [0.2, 0.25) is 0 Å². The number of hydrogen-bond donors (Lipinski definition) is 1. The fraction of sp³-hybridized carbons (Fsp3) is 0.625. The molecule has 2 N–H and O–H groups in total. The Morgan fingerprint density at radius 1 is 1.12 bits per heavy atom. The van der Waals surface area contributed by atoms with Crippen LogP contribution in [-0.4, -0.2) is 52.9 Å². The van der Waals surface area contributed by atoms with Crippen molar-refractivity contribution < 1.29 is 4.79 Å². The maximum atomic E-state index is 12.3. The molecule has 24 heavy (non-hydrogen) atoms. The van der Waals surface area contributed by atoms with Crippen molar-refractivity contribution in [3.05, 3.63) is 30.1 Å². The van der Waals surface area contributed by atoms with Crippen molar-refractivity contribution >= 4 is 43.1 Å². The Morgan fingerprint density at radius 3 is 2.17 bits per heavy atom. The minimum absolute atomic E-state index is 0. The average molecular weight is 400 g/mol. The van der Waals surface area contributed by atoms with Crippen LogP contribution in [0.1, 0.15) is 32.4 Å². The normalized spacial score (nSPS) is 18.2. The molecule has 1 aliphatic heterocycles. The predicted octanol–water partition coefficient (Wildman–Crippen LogP) is 2.54. The highest BCUT2D eigenvalue weighted by atomic mass is 35.5. The van der Waals surface area contributed by atoms with Gasteiger partial charge in [0.1, 0.15) is 0 Å². The van der Waals surface area contributed by atoms with E-state index in [1.54, 1.807) is 6.20 Å². The summed E-state index contributed by atoms with van der Waals surface area (Å²) in [6, 6.07) is 4.31. The molecule has 5 nitrogen and oxygen atoms in total. The van der Waals surface area contributed by atoms with Gasteiger partial charge in [0.05, 0.1) is 5.92 Å². The molecule has 1 amide bonds. The second kappa shape index (κ2) is 11.9. The van der Waals surface area contributed by atoms with Crippen molar-refractivity contribution in [2.24, 2.45) is 11.7 Å². The molecule has 3 atom stereocenters. The molecule has 3 unspecified atom stereocenters. The summed E-state index contributed by atoms with van der Waals surface area (Å²) >= 11 is 0. The van der Waals surface area contributed by atoms with Gasteiger partial charge >= 0.3 is 0 Å². The molecule has 1 aromatic heterocycles. The van der Waals surface area contributed by atoms with E-state index in [2.05, 4.69) is 22.9 Å². The van der Waals surface area contributed by atoms with Crippen LogP contribution >= 0.6 is 37.2 Å². The number of halogens is 3. The van der Waals surface area contributed by atoms with Gasteiger partial charge in [-0.25, -0.2) is 0 Å². The first kappa shape index (κ1) is 25.6. The number of piperazine rings is 1. The van der Waals surface area contributed by atoms with Gasteiger partial charge in [-0.2, -0.15) is 0 Å². The van der Waals surface area contributed by atoms with Crippen LogP contribution in [0, 0.1) is 5.92 Å². The van der Waals surface area contributed by atoms with E-state index in [-0.39, 0.29) is 55.1 Å². The zero-order chi connectivity index (χ0) is 15.4. The number of pyridine rings is 1. The number of nitrogens with two attached hydrogens (primary N) is 1. The lowest BCUT2D eigenvalue weighted by molar-refractivity contribution is -0.137. The summed E-state index contributed by atoms with van der Waals surface area (Å²) in [5, 5.41) is 0. The van der Waals surface area contributed by atoms with Gasteiger partial charge in [-0.3, -0.25) is 14.7 Å². The standard InChI is InChI=1S/C16H26N4O.3ClH/c1-12(13(2)17)16(21)20-9-7-19(8-10-20)14(3)15-5-4-6-18-11-15;;;/h4-6,11-14H,7-10,17H2,1-3H3;3*1H. The Bertz CT molecular complexity index is 468. The number of amides is 1. The van der Waals surface area contributed by atoms with E-state index < -0.39 is 0 Å². The van der Waals surface area contributed by atoms with E-state index in [1.165, 1.54) is 5.56 Å². The topological polar surface area (TPSA) is 62.5 Å². The van der Waals surface area contributed by atoms with Crippen LogP contribution in [0.25, 0.3) is 0 Å². The molecule has 2 heterocycles. The molecule has 1 aromatic rings. The van der Waals surface area contributed by atoms with Crippen molar-refractivity contribution in [3.63, 3.8) is 0 Å². The number of carbonyl (C=O) groups excluding carboxylic acids is 1. The molecule has 0 aliphatic carbocycles. The Kier molecular flexibility index (Phi) is 12.7. The van der Waals surface area contributed by atoms with Crippen LogP contribution in [-0.2, 0) is 4.79 Å². The summed E-state index contributed by atoms with van der Waals surface area (Å²) < 4.78 is 0. The zero-order valence-corrected chi connectivity index (χ0v) is 16.9. The first-order valence-electron chi connectivity index (χ1n) is 7.69. The molecule has 0 spiro atoms. The van der Waals surface area contributed by atoms with Crippen molar-refractivity contribution in [2.45, 2.75) is 32.9 Å². The summed E-state index contributed by atoms with van der Waals surface area (Å²) in [5.41, 5.74) is 7.05. The van der Waals surface area contributed by atoms with Crippen molar-refractivity contribution in [3.8, 4) is 0 Å². The van der Waals surface area contributed by atoms with Crippen LogP contribution in [0.5, 0.6) is 0 Å². The zero-order valence-electron chi connectivity index (χ0n) is 14.4. The lowest BCUT2D eigenvalue weighted by Crippen LogP contribution is -2.52. The number of carbonyl (C=O) groups is 1. The quantitative estimate of drug-likeness (QED) is 0.845. The monoisotopic (exact) mass is 398 g/mol. The molecule has 1 saturated heterocycles. The third-order valence-corrected chi connectivity index (χ3v) is 4.52. The summed E-state index contributed by atoms with van der Waals surface area (Å²) in [5.74, 6) is 0.0750. The lowest BCUT2D eigenvalue weighted by Gasteiger charge is -2.39. The van der Waals surface area contributed by atoms with Crippen molar-refractivity contribution in [1.82, 2.24) is 14.8 Å². The molecule has 1 aliphatic rings. The number of nitrogens with zero attached hydrogens (tertiary/aromatic N) is 3. The SMILES string of the molecule is CC(N)C(C)C(=O)N1CCN(C(C)c2cccnc2)CC1.Cl.Cl.Cl. The maximum absolute atomic E-state index is 12.3. The minimum Gasteiger partial charge on any atom is -0.340 e. The Balaban J connectivity index is 0. The summed E-state index contributed by atoms with van der Waals surface area (Å²) in [7, 11) is 0. The number of rotatable bonds is 4. The van der Waals surface area contributed by atoms with E-state index in [0.29, 0.717) is 6.04 Å². The first-order chi connectivity index (χ1) is 10.0. The molecule has 0 bridgehead atoms. The third kappa shape index (κ3) is 6.37. The van der Waals surface area contributed by atoms with E-state index in [9.17, 15) is 4.79 Å². The lowest BCUT2D eigenvalue weighted by atomic mass is 10.0. The predicted molar refractivity (Wildman–Crippen MR) is 105 cm³/mol.